The van der Waals surface area contributed by atoms with E-state index in [0.29, 0.717) is 19.0 Å². The molecule has 0 saturated carbocycles. The van der Waals surface area contributed by atoms with Gasteiger partial charge in [-0.3, -0.25) is 4.90 Å². The molecule has 98 valence electrons. The zero-order chi connectivity index (χ0) is 13.1. The van der Waals surface area contributed by atoms with E-state index in [1.54, 1.807) is 17.6 Å². The Morgan fingerprint density at radius 3 is 3.37 bits per heavy atom. The molecule has 0 aromatic carbocycles. The lowest BCUT2D eigenvalue weighted by Crippen LogP contribution is -2.50. The number of nitrogens with one attached hydrogen (secondary N) is 1. The molecule has 1 atom stereocenters. The number of thiophene rings is 1. The van der Waals surface area contributed by atoms with Crippen LogP contribution in [0, 0.1) is 11.3 Å². The largest absolute Gasteiger partial charge is 0.444 e. The van der Waals surface area contributed by atoms with Crippen molar-refractivity contribution < 1.29 is 4.42 Å². The van der Waals surface area contributed by atoms with E-state index in [4.69, 9.17) is 9.68 Å². The molecule has 5 nitrogen and oxygen atoms in total. The minimum Gasteiger partial charge on any atom is -0.444 e. The molecule has 0 radical (unpaired) electrons. The standard InChI is InChI=1S/C13H14N4OS/c14-6-11-7-15-3-4-17(11)8-10-9-18-13(16-10)12-2-1-5-19-12/h1-2,5,9,11,15H,3-4,7-8H2. The fourth-order valence-corrected chi connectivity index (χ4v) is 2.82. The summed E-state index contributed by atoms with van der Waals surface area (Å²) < 4.78 is 5.49. The molecule has 1 unspecified atom stereocenters. The topological polar surface area (TPSA) is 65.1 Å². The summed E-state index contributed by atoms with van der Waals surface area (Å²) in [5.74, 6) is 0.661. The van der Waals surface area contributed by atoms with Crippen molar-refractivity contribution in [3.05, 3.63) is 29.5 Å². The smallest absolute Gasteiger partial charge is 0.236 e. The maximum atomic E-state index is 9.12. The summed E-state index contributed by atoms with van der Waals surface area (Å²) in [6, 6.07) is 6.20. The van der Waals surface area contributed by atoms with Crippen LogP contribution < -0.4 is 5.32 Å². The Balaban J connectivity index is 1.72. The maximum absolute atomic E-state index is 9.12. The van der Waals surface area contributed by atoms with Crippen molar-refractivity contribution in [2.45, 2.75) is 12.6 Å². The molecule has 1 fully saturated rings. The average molecular weight is 274 g/mol. The van der Waals surface area contributed by atoms with Gasteiger partial charge in [-0.15, -0.1) is 11.3 Å². The highest BCUT2D eigenvalue weighted by atomic mass is 32.1. The van der Waals surface area contributed by atoms with Crippen LogP contribution in [0.1, 0.15) is 5.69 Å². The van der Waals surface area contributed by atoms with E-state index >= 15 is 0 Å². The van der Waals surface area contributed by atoms with Gasteiger partial charge in [0.05, 0.1) is 16.6 Å². The summed E-state index contributed by atoms with van der Waals surface area (Å²) in [6.45, 7) is 3.15. The minimum atomic E-state index is -0.0874. The number of piperazine rings is 1. The lowest BCUT2D eigenvalue weighted by atomic mass is 10.2. The van der Waals surface area contributed by atoms with Gasteiger partial charge in [0.1, 0.15) is 12.3 Å². The normalized spacial score (nSPS) is 20.3. The summed E-state index contributed by atoms with van der Waals surface area (Å²) in [5.41, 5.74) is 0.880. The van der Waals surface area contributed by atoms with E-state index in [-0.39, 0.29) is 6.04 Å². The first-order valence-corrected chi connectivity index (χ1v) is 7.07. The van der Waals surface area contributed by atoms with Crippen LogP contribution >= 0.6 is 11.3 Å². The van der Waals surface area contributed by atoms with Crippen molar-refractivity contribution in [3.8, 4) is 16.8 Å². The summed E-state index contributed by atoms with van der Waals surface area (Å²) in [7, 11) is 0. The van der Waals surface area contributed by atoms with Crippen molar-refractivity contribution in [2.24, 2.45) is 0 Å². The van der Waals surface area contributed by atoms with E-state index in [2.05, 4.69) is 21.3 Å². The molecule has 1 aliphatic heterocycles. The summed E-state index contributed by atoms with van der Waals surface area (Å²) >= 11 is 1.61. The van der Waals surface area contributed by atoms with E-state index < -0.39 is 0 Å². The van der Waals surface area contributed by atoms with Crippen LogP contribution in [-0.2, 0) is 6.54 Å². The Bertz CT molecular complexity index is 572. The van der Waals surface area contributed by atoms with E-state index in [9.17, 15) is 0 Å². The second kappa shape index (κ2) is 5.53. The molecule has 0 aliphatic carbocycles. The molecule has 0 amide bonds. The molecule has 6 heteroatoms. The second-order valence-corrected chi connectivity index (χ2v) is 5.39. The predicted molar refractivity (Wildman–Crippen MR) is 72.5 cm³/mol. The van der Waals surface area contributed by atoms with Gasteiger partial charge in [-0.05, 0) is 11.4 Å². The molecule has 3 heterocycles. The SMILES string of the molecule is N#CC1CNCCN1Cc1coc(-c2cccs2)n1. The Kier molecular flexibility index (Phi) is 3.60. The third kappa shape index (κ3) is 2.68. The van der Waals surface area contributed by atoms with Crippen molar-refractivity contribution in [3.63, 3.8) is 0 Å². The number of hydrogen-bond donors (Lipinski definition) is 1. The molecular formula is C13H14N4OS. The molecule has 2 aromatic rings. The minimum absolute atomic E-state index is 0.0874. The molecular weight excluding hydrogens is 260 g/mol. The zero-order valence-electron chi connectivity index (χ0n) is 10.4. The van der Waals surface area contributed by atoms with Crippen molar-refractivity contribution in [1.82, 2.24) is 15.2 Å². The highest BCUT2D eigenvalue weighted by Crippen LogP contribution is 2.24. The Morgan fingerprint density at radius 2 is 2.58 bits per heavy atom. The highest BCUT2D eigenvalue weighted by Gasteiger charge is 2.22. The van der Waals surface area contributed by atoms with E-state index in [1.807, 2.05) is 17.5 Å². The average Bonchev–Trinajstić information content (AvgIpc) is 3.09. The van der Waals surface area contributed by atoms with Crippen LogP contribution in [-0.4, -0.2) is 35.6 Å². The predicted octanol–water partition coefficient (Wildman–Crippen LogP) is 1.70. The summed E-state index contributed by atoms with van der Waals surface area (Å²) in [6.07, 6.45) is 1.69. The van der Waals surface area contributed by atoms with Gasteiger partial charge in [0, 0.05) is 26.2 Å². The number of nitrogens with zero attached hydrogens (tertiary/aromatic N) is 3. The number of rotatable bonds is 3. The number of aromatic nitrogens is 1. The van der Waals surface area contributed by atoms with Gasteiger partial charge in [0.15, 0.2) is 0 Å². The van der Waals surface area contributed by atoms with E-state index in [0.717, 1.165) is 23.7 Å². The van der Waals surface area contributed by atoms with Gasteiger partial charge >= 0.3 is 0 Å². The number of nitriles is 1. The van der Waals surface area contributed by atoms with Crippen LogP contribution in [0.15, 0.2) is 28.2 Å². The molecule has 1 saturated heterocycles. The van der Waals surface area contributed by atoms with Gasteiger partial charge in [0.2, 0.25) is 5.89 Å². The quantitative estimate of drug-likeness (QED) is 0.923. The lowest BCUT2D eigenvalue weighted by Gasteiger charge is -2.30. The van der Waals surface area contributed by atoms with Gasteiger partial charge in [0.25, 0.3) is 0 Å². The molecule has 1 N–H and O–H groups in total. The lowest BCUT2D eigenvalue weighted by molar-refractivity contribution is 0.187. The monoisotopic (exact) mass is 274 g/mol. The molecule has 0 spiro atoms. The first-order chi connectivity index (χ1) is 9.36. The molecule has 2 aromatic heterocycles. The van der Waals surface area contributed by atoms with Crippen LogP contribution in [0.25, 0.3) is 10.8 Å². The Hall–Kier alpha value is -1.68. The Labute approximate surface area is 115 Å². The fraction of sp³-hybridized carbons (Fsp3) is 0.385. The second-order valence-electron chi connectivity index (χ2n) is 4.44. The number of oxazole rings is 1. The third-order valence-corrected chi connectivity index (χ3v) is 4.01. The molecule has 0 bridgehead atoms. The van der Waals surface area contributed by atoms with Crippen LogP contribution in [0.3, 0.4) is 0 Å². The maximum Gasteiger partial charge on any atom is 0.236 e. The van der Waals surface area contributed by atoms with Gasteiger partial charge in [-0.1, -0.05) is 6.07 Å². The Morgan fingerprint density at radius 1 is 1.63 bits per heavy atom. The van der Waals surface area contributed by atoms with Gasteiger partial charge < -0.3 is 9.73 Å². The third-order valence-electron chi connectivity index (χ3n) is 3.15. The first kappa shape index (κ1) is 12.4. The highest BCUT2D eigenvalue weighted by molar-refractivity contribution is 7.13. The fourth-order valence-electron chi connectivity index (χ4n) is 2.16. The van der Waals surface area contributed by atoms with Crippen LogP contribution in [0.2, 0.25) is 0 Å². The van der Waals surface area contributed by atoms with Gasteiger partial charge in [-0.25, -0.2) is 4.98 Å². The molecule has 19 heavy (non-hydrogen) atoms. The van der Waals surface area contributed by atoms with Crippen LogP contribution in [0.5, 0.6) is 0 Å². The van der Waals surface area contributed by atoms with Crippen molar-refractivity contribution in [1.29, 1.82) is 5.26 Å². The summed E-state index contributed by atoms with van der Waals surface area (Å²) in [4.78, 5) is 7.65. The van der Waals surface area contributed by atoms with Crippen LogP contribution in [0.4, 0.5) is 0 Å². The first-order valence-electron chi connectivity index (χ1n) is 6.19. The van der Waals surface area contributed by atoms with Crippen molar-refractivity contribution >= 4 is 11.3 Å². The summed E-state index contributed by atoms with van der Waals surface area (Å²) in [5, 5.41) is 14.3. The zero-order valence-corrected chi connectivity index (χ0v) is 11.2. The van der Waals surface area contributed by atoms with Crippen molar-refractivity contribution in [2.75, 3.05) is 19.6 Å². The molecule has 1 aliphatic rings. The molecule has 3 rings (SSSR count). The number of hydrogen-bond acceptors (Lipinski definition) is 6. The van der Waals surface area contributed by atoms with Gasteiger partial charge in [-0.2, -0.15) is 5.26 Å². The van der Waals surface area contributed by atoms with E-state index in [1.165, 1.54) is 0 Å².